The zero-order valence-electron chi connectivity index (χ0n) is 8.23. The van der Waals surface area contributed by atoms with Crippen molar-refractivity contribution in [2.45, 2.75) is 0 Å². The van der Waals surface area contributed by atoms with E-state index in [4.69, 9.17) is 28.3 Å². The van der Waals surface area contributed by atoms with Gasteiger partial charge in [-0.1, -0.05) is 29.3 Å². The number of anilines is 1. The second-order valence-electron chi connectivity index (χ2n) is 2.91. The summed E-state index contributed by atoms with van der Waals surface area (Å²) in [6, 6.07) is 1.46. The molecule has 1 heterocycles. The van der Waals surface area contributed by atoms with E-state index >= 15 is 0 Å². The summed E-state index contributed by atoms with van der Waals surface area (Å²) >= 11 is 11.5. The monoisotopic (exact) mass is 261 g/mol. The van der Waals surface area contributed by atoms with Crippen molar-refractivity contribution in [1.29, 1.82) is 0 Å². The lowest BCUT2D eigenvalue weighted by Crippen LogP contribution is -2.30. The first-order valence-electron chi connectivity index (χ1n) is 4.31. The molecule has 86 valence electrons. The van der Waals surface area contributed by atoms with Crippen LogP contribution in [0.5, 0.6) is 0 Å². The molecule has 0 aliphatic heterocycles. The Morgan fingerprint density at radius 1 is 1.56 bits per heavy atom. The fourth-order valence-electron chi connectivity index (χ4n) is 1.13. The van der Waals surface area contributed by atoms with Gasteiger partial charge in [-0.05, 0) is 0 Å². The van der Waals surface area contributed by atoms with Crippen molar-refractivity contribution >= 4 is 34.9 Å². The summed E-state index contributed by atoms with van der Waals surface area (Å²) in [6.45, 7) is 3.65. The van der Waals surface area contributed by atoms with Crippen molar-refractivity contribution in [3.05, 3.63) is 29.0 Å². The number of rotatable bonds is 5. The number of aromatic nitrogens is 2. The van der Waals surface area contributed by atoms with Crippen LogP contribution in [0.3, 0.4) is 0 Å². The predicted molar refractivity (Wildman–Crippen MR) is 62.1 cm³/mol. The van der Waals surface area contributed by atoms with Gasteiger partial charge >= 0.3 is 5.97 Å². The van der Waals surface area contributed by atoms with E-state index in [1.54, 1.807) is 6.08 Å². The molecule has 0 radical (unpaired) electrons. The molecule has 0 saturated carbocycles. The van der Waals surface area contributed by atoms with Gasteiger partial charge in [0.15, 0.2) is 10.3 Å². The van der Waals surface area contributed by atoms with Crippen molar-refractivity contribution in [3.63, 3.8) is 0 Å². The summed E-state index contributed by atoms with van der Waals surface area (Å²) in [4.78, 5) is 12.2. The number of hydrogen-bond acceptors (Lipinski definition) is 4. The van der Waals surface area contributed by atoms with Crippen molar-refractivity contribution < 1.29 is 9.90 Å². The Morgan fingerprint density at radius 2 is 2.25 bits per heavy atom. The Morgan fingerprint density at radius 3 is 2.81 bits per heavy atom. The lowest BCUT2D eigenvalue weighted by Gasteiger charge is -2.21. The van der Waals surface area contributed by atoms with Gasteiger partial charge in [-0.25, -0.2) is 0 Å². The molecule has 0 amide bonds. The fraction of sp³-hybridized carbons (Fsp3) is 0.222. The molecule has 5 nitrogen and oxygen atoms in total. The summed E-state index contributed by atoms with van der Waals surface area (Å²) < 4.78 is 0. The molecule has 16 heavy (non-hydrogen) atoms. The van der Waals surface area contributed by atoms with Crippen LogP contribution < -0.4 is 4.90 Å². The third-order valence-electron chi connectivity index (χ3n) is 1.72. The Bertz CT molecular complexity index is 412. The van der Waals surface area contributed by atoms with Crippen molar-refractivity contribution in [2.24, 2.45) is 0 Å². The number of hydrogen-bond donors (Lipinski definition) is 1. The van der Waals surface area contributed by atoms with Gasteiger partial charge in [-0.2, -0.15) is 0 Å². The quantitative estimate of drug-likeness (QED) is 0.820. The first-order valence-corrected chi connectivity index (χ1v) is 5.06. The smallest absolute Gasteiger partial charge is 0.323 e. The highest BCUT2D eigenvalue weighted by Gasteiger charge is 2.14. The molecule has 0 saturated heterocycles. The predicted octanol–water partition coefficient (Wildman–Crippen LogP) is 1.86. The van der Waals surface area contributed by atoms with E-state index in [1.807, 2.05) is 0 Å². The van der Waals surface area contributed by atoms with Gasteiger partial charge in [0.2, 0.25) is 0 Å². The maximum Gasteiger partial charge on any atom is 0.323 e. The Balaban J connectivity index is 3.03. The minimum atomic E-state index is -0.981. The second kappa shape index (κ2) is 5.67. The number of halogens is 2. The zero-order valence-corrected chi connectivity index (χ0v) is 9.74. The van der Waals surface area contributed by atoms with Crippen LogP contribution >= 0.6 is 23.2 Å². The Hall–Kier alpha value is -1.33. The molecule has 0 fully saturated rings. The molecule has 1 N–H and O–H groups in total. The first kappa shape index (κ1) is 12.7. The average molecular weight is 262 g/mol. The van der Waals surface area contributed by atoms with Crippen LogP contribution in [0.25, 0.3) is 0 Å². The number of nitrogens with zero attached hydrogens (tertiary/aromatic N) is 3. The van der Waals surface area contributed by atoms with E-state index in [-0.39, 0.29) is 16.9 Å². The van der Waals surface area contributed by atoms with Gasteiger partial charge in [-0.15, -0.1) is 16.8 Å². The van der Waals surface area contributed by atoms with E-state index < -0.39 is 5.97 Å². The molecule has 7 heteroatoms. The highest BCUT2D eigenvalue weighted by atomic mass is 35.5. The van der Waals surface area contributed by atoms with Crippen LogP contribution in [0.2, 0.25) is 10.3 Å². The van der Waals surface area contributed by atoms with Crippen molar-refractivity contribution in [1.82, 2.24) is 10.2 Å². The Labute approximate surface area is 102 Å². The maximum absolute atomic E-state index is 10.7. The molecule has 0 bridgehead atoms. The van der Waals surface area contributed by atoms with E-state index in [1.165, 1.54) is 11.0 Å². The summed E-state index contributed by atoms with van der Waals surface area (Å²) in [5.74, 6) is -0.981. The van der Waals surface area contributed by atoms with Gasteiger partial charge in [0.05, 0.1) is 5.69 Å². The topological polar surface area (TPSA) is 66.3 Å². The van der Waals surface area contributed by atoms with E-state index in [0.717, 1.165) is 0 Å². The first-order chi connectivity index (χ1) is 7.54. The standard InChI is InChI=1S/C9H9Cl2N3O2/c1-2-3-14(5-8(15)16)6-4-7(10)12-13-9(6)11/h2,4H,1,3,5H2,(H,15,16). The number of carbonyl (C=O) groups is 1. The van der Waals surface area contributed by atoms with Gasteiger partial charge < -0.3 is 10.0 Å². The van der Waals surface area contributed by atoms with Crippen molar-refractivity contribution in [3.8, 4) is 0 Å². The fourth-order valence-corrected chi connectivity index (χ4v) is 1.49. The van der Waals surface area contributed by atoms with Gasteiger partial charge in [0, 0.05) is 12.6 Å². The normalized spacial score (nSPS) is 9.88. The molecular weight excluding hydrogens is 253 g/mol. The van der Waals surface area contributed by atoms with Gasteiger partial charge in [0.25, 0.3) is 0 Å². The van der Waals surface area contributed by atoms with E-state index in [9.17, 15) is 4.79 Å². The molecule has 1 aromatic rings. The number of aliphatic carboxylic acids is 1. The third-order valence-corrected chi connectivity index (χ3v) is 2.17. The molecule has 1 rings (SSSR count). The average Bonchev–Trinajstić information content (AvgIpc) is 2.20. The third kappa shape index (κ3) is 3.36. The highest BCUT2D eigenvalue weighted by Crippen LogP contribution is 2.24. The lowest BCUT2D eigenvalue weighted by molar-refractivity contribution is -0.135. The molecule has 1 aromatic heterocycles. The number of carboxylic acids is 1. The van der Waals surface area contributed by atoms with Crippen LogP contribution in [0, 0.1) is 0 Å². The summed E-state index contributed by atoms with van der Waals surface area (Å²) in [5, 5.41) is 16.1. The maximum atomic E-state index is 10.7. The summed E-state index contributed by atoms with van der Waals surface area (Å²) in [7, 11) is 0. The molecule has 0 aliphatic rings. The zero-order chi connectivity index (χ0) is 12.1. The van der Waals surface area contributed by atoms with Crippen LogP contribution in [-0.4, -0.2) is 34.4 Å². The number of carboxylic acid groups (broad SMARTS) is 1. The van der Waals surface area contributed by atoms with Crippen LogP contribution in [-0.2, 0) is 4.79 Å². The molecule has 0 unspecified atom stereocenters. The molecular formula is C9H9Cl2N3O2. The van der Waals surface area contributed by atoms with Gasteiger partial charge in [0.1, 0.15) is 6.54 Å². The second-order valence-corrected chi connectivity index (χ2v) is 3.65. The Kier molecular flexibility index (Phi) is 4.52. The van der Waals surface area contributed by atoms with Crippen LogP contribution in [0.1, 0.15) is 0 Å². The van der Waals surface area contributed by atoms with Crippen LogP contribution in [0.15, 0.2) is 18.7 Å². The van der Waals surface area contributed by atoms with E-state index in [2.05, 4.69) is 16.8 Å². The van der Waals surface area contributed by atoms with Gasteiger partial charge in [-0.3, -0.25) is 4.79 Å². The minimum absolute atomic E-state index is 0.104. The highest BCUT2D eigenvalue weighted by molar-refractivity contribution is 6.33. The van der Waals surface area contributed by atoms with Crippen LogP contribution in [0.4, 0.5) is 5.69 Å². The summed E-state index contributed by atoms with van der Waals surface area (Å²) in [5.41, 5.74) is 0.420. The van der Waals surface area contributed by atoms with E-state index in [0.29, 0.717) is 12.2 Å². The SMILES string of the molecule is C=CCN(CC(=O)O)c1cc(Cl)nnc1Cl. The molecule has 0 aliphatic carbocycles. The largest absolute Gasteiger partial charge is 0.480 e. The lowest BCUT2D eigenvalue weighted by atomic mass is 10.3. The minimum Gasteiger partial charge on any atom is -0.480 e. The molecule has 0 aromatic carbocycles. The molecule has 0 spiro atoms. The summed E-state index contributed by atoms with van der Waals surface area (Å²) in [6.07, 6.45) is 1.56. The molecule has 0 atom stereocenters. The van der Waals surface area contributed by atoms with Crippen molar-refractivity contribution in [2.75, 3.05) is 18.0 Å².